The van der Waals surface area contributed by atoms with Gasteiger partial charge in [-0.3, -0.25) is 0 Å². The fourth-order valence-corrected chi connectivity index (χ4v) is 2.25. The van der Waals surface area contributed by atoms with Crippen molar-refractivity contribution in [3.05, 3.63) is 22.3 Å². The second-order valence-corrected chi connectivity index (χ2v) is 3.85. The molecule has 1 aromatic carbocycles. The number of hydrogen-bond acceptors (Lipinski definition) is 2. The highest BCUT2D eigenvalue weighted by molar-refractivity contribution is 6.46. The minimum absolute atomic E-state index is 0.111. The maximum absolute atomic E-state index is 5.62. The molecule has 0 spiro atoms. The van der Waals surface area contributed by atoms with Crippen molar-refractivity contribution in [2.75, 3.05) is 0 Å². The molecule has 0 amide bonds. The molecule has 0 aromatic heterocycles. The molecule has 0 unspecified atom stereocenters. The van der Waals surface area contributed by atoms with Gasteiger partial charge < -0.3 is 9.31 Å². The molecule has 1 aliphatic heterocycles. The molecule has 1 heterocycles. The van der Waals surface area contributed by atoms with Crippen molar-refractivity contribution in [3.63, 3.8) is 0 Å². The topological polar surface area (TPSA) is 18.5 Å². The molecule has 0 radical (unpaired) electrons. The highest BCUT2D eigenvalue weighted by Gasteiger charge is 2.37. The summed E-state index contributed by atoms with van der Waals surface area (Å²) in [6.45, 7) is 6.21. The Kier molecular flexibility index (Phi) is 1.14. The smallest absolute Gasteiger partial charge is 0.523 e. The van der Waals surface area contributed by atoms with E-state index in [1.807, 2.05) is 6.82 Å². The van der Waals surface area contributed by atoms with E-state index in [1.165, 1.54) is 22.3 Å². The van der Waals surface area contributed by atoms with Crippen molar-refractivity contribution in [1.29, 1.82) is 0 Å². The Morgan fingerprint density at radius 3 is 2.38 bits per heavy atom. The van der Waals surface area contributed by atoms with E-state index in [0.29, 0.717) is 0 Å². The van der Waals surface area contributed by atoms with Gasteiger partial charge >= 0.3 is 7.12 Å². The molecular weight excluding hydrogens is 163 g/mol. The summed E-state index contributed by atoms with van der Waals surface area (Å²) < 4.78 is 11.2. The lowest BCUT2D eigenvalue weighted by Gasteiger charge is -2.26. The number of benzene rings is 1. The van der Waals surface area contributed by atoms with Crippen molar-refractivity contribution >= 4 is 7.12 Å². The average Bonchev–Trinajstić information content (AvgIpc) is 2.45. The minimum atomic E-state index is -0.111. The monoisotopic (exact) mass is 174 g/mol. The summed E-state index contributed by atoms with van der Waals surface area (Å²) in [6.07, 6.45) is 1.08. The summed E-state index contributed by atoms with van der Waals surface area (Å²) in [5.74, 6) is 1.98. The second kappa shape index (κ2) is 2.03. The van der Waals surface area contributed by atoms with E-state index in [2.05, 4.69) is 13.8 Å². The Balaban J connectivity index is 2.29. The van der Waals surface area contributed by atoms with Crippen molar-refractivity contribution in [2.24, 2.45) is 0 Å². The molecule has 2 nitrogen and oxygen atoms in total. The van der Waals surface area contributed by atoms with Crippen LogP contribution in [-0.4, -0.2) is 7.12 Å². The second-order valence-electron chi connectivity index (χ2n) is 3.85. The van der Waals surface area contributed by atoms with Gasteiger partial charge in [0.25, 0.3) is 0 Å². The van der Waals surface area contributed by atoms with Crippen molar-refractivity contribution in [3.8, 4) is 11.5 Å². The quantitative estimate of drug-likeness (QED) is 0.569. The third kappa shape index (κ3) is 0.706. The minimum Gasteiger partial charge on any atom is -0.523 e. The van der Waals surface area contributed by atoms with Crippen LogP contribution < -0.4 is 9.31 Å². The van der Waals surface area contributed by atoms with Crippen molar-refractivity contribution in [2.45, 2.75) is 27.1 Å². The Labute approximate surface area is 78.0 Å². The molecule has 0 N–H and O–H groups in total. The lowest BCUT2D eigenvalue weighted by atomic mass is 9.81. The molecular formula is C10H11BO2. The van der Waals surface area contributed by atoms with Crippen LogP contribution in [-0.2, 0) is 6.42 Å². The van der Waals surface area contributed by atoms with Gasteiger partial charge in [0.05, 0.1) is 0 Å². The van der Waals surface area contributed by atoms with E-state index in [0.717, 1.165) is 17.9 Å². The molecule has 0 atom stereocenters. The number of aryl methyl sites for hydroxylation is 1. The normalized spacial score (nSPS) is 16.1. The molecule has 0 saturated heterocycles. The van der Waals surface area contributed by atoms with Crippen LogP contribution in [0.1, 0.15) is 22.3 Å². The highest BCUT2D eigenvalue weighted by atomic mass is 16.6. The van der Waals surface area contributed by atoms with E-state index < -0.39 is 0 Å². The van der Waals surface area contributed by atoms with Gasteiger partial charge in [-0.1, -0.05) is 0 Å². The molecule has 1 aromatic rings. The number of hydrogen-bond donors (Lipinski definition) is 0. The molecule has 13 heavy (non-hydrogen) atoms. The maximum atomic E-state index is 5.62. The predicted octanol–water partition coefficient (Wildman–Crippen LogP) is 2.10. The Morgan fingerprint density at radius 2 is 1.69 bits per heavy atom. The van der Waals surface area contributed by atoms with E-state index in [-0.39, 0.29) is 7.12 Å². The molecule has 66 valence electrons. The van der Waals surface area contributed by atoms with Crippen molar-refractivity contribution in [1.82, 2.24) is 0 Å². The zero-order valence-electron chi connectivity index (χ0n) is 8.10. The maximum Gasteiger partial charge on any atom is 0.591 e. The molecule has 2 aliphatic carbocycles. The van der Waals surface area contributed by atoms with Gasteiger partial charge in [-0.15, -0.1) is 0 Å². The van der Waals surface area contributed by atoms with Crippen LogP contribution in [0.15, 0.2) is 0 Å². The summed E-state index contributed by atoms with van der Waals surface area (Å²) in [4.78, 5) is 0. The molecule has 3 heteroatoms. The van der Waals surface area contributed by atoms with Crippen molar-refractivity contribution < 1.29 is 9.31 Å². The first-order valence-corrected chi connectivity index (χ1v) is 4.66. The molecule has 0 fully saturated rings. The third-order valence-electron chi connectivity index (χ3n) is 3.10. The van der Waals surface area contributed by atoms with Gasteiger partial charge in [0.1, 0.15) is 11.5 Å². The van der Waals surface area contributed by atoms with Gasteiger partial charge in [-0.05, 0) is 37.4 Å². The molecule has 2 bridgehead atoms. The third-order valence-corrected chi connectivity index (χ3v) is 3.10. The average molecular weight is 174 g/mol. The lowest BCUT2D eigenvalue weighted by molar-refractivity contribution is 0.508. The van der Waals surface area contributed by atoms with Gasteiger partial charge in [-0.2, -0.15) is 0 Å². The number of rotatable bonds is 0. The first kappa shape index (κ1) is 7.30. The van der Waals surface area contributed by atoms with Gasteiger partial charge in [0.15, 0.2) is 0 Å². The summed E-state index contributed by atoms with van der Waals surface area (Å²) in [5.41, 5.74) is 5.47. The Hall–Kier alpha value is -1.12. The largest absolute Gasteiger partial charge is 0.591 e. The molecule has 3 aliphatic rings. The SMILES string of the molecule is CB1Oc2c(C)c3c(C)c(c2O1)C3. The van der Waals surface area contributed by atoms with Crippen LogP contribution in [0, 0.1) is 13.8 Å². The van der Waals surface area contributed by atoms with Crippen LogP contribution in [0.5, 0.6) is 11.5 Å². The fraction of sp³-hybridized carbons (Fsp3) is 0.400. The molecule has 0 saturated carbocycles. The van der Waals surface area contributed by atoms with Crippen LogP contribution in [0.25, 0.3) is 0 Å². The van der Waals surface area contributed by atoms with Gasteiger partial charge in [0.2, 0.25) is 0 Å². The summed E-state index contributed by atoms with van der Waals surface area (Å²) in [7, 11) is -0.111. The Bertz CT molecular complexity index is 412. The first-order chi connectivity index (χ1) is 6.18. The van der Waals surface area contributed by atoms with Gasteiger partial charge in [0, 0.05) is 12.0 Å². The van der Waals surface area contributed by atoms with E-state index in [1.54, 1.807) is 0 Å². The summed E-state index contributed by atoms with van der Waals surface area (Å²) in [6, 6.07) is 0. The van der Waals surface area contributed by atoms with Crippen LogP contribution in [0.2, 0.25) is 6.82 Å². The van der Waals surface area contributed by atoms with E-state index >= 15 is 0 Å². The first-order valence-electron chi connectivity index (χ1n) is 4.66. The summed E-state index contributed by atoms with van der Waals surface area (Å²) in [5, 5.41) is 0. The fourth-order valence-electron chi connectivity index (χ4n) is 2.25. The van der Waals surface area contributed by atoms with E-state index in [4.69, 9.17) is 9.31 Å². The van der Waals surface area contributed by atoms with Crippen LogP contribution in [0.3, 0.4) is 0 Å². The van der Waals surface area contributed by atoms with E-state index in [9.17, 15) is 0 Å². The predicted molar refractivity (Wildman–Crippen MR) is 51.6 cm³/mol. The summed E-state index contributed by atoms with van der Waals surface area (Å²) >= 11 is 0. The zero-order valence-corrected chi connectivity index (χ0v) is 8.10. The van der Waals surface area contributed by atoms with Crippen LogP contribution >= 0.6 is 0 Å². The lowest BCUT2D eigenvalue weighted by Crippen LogP contribution is -2.18. The van der Waals surface area contributed by atoms with Gasteiger partial charge in [-0.25, -0.2) is 0 Å². The Morgan fingerprint density at radius 1 is 1.00 bits per heavy atom. The molecule has 4 rings (SSSR count). The standard InChI is InChI=1S/C10H11BO2/c1-5-7-4-8(5)10-9(6(7)2)12-11(3)13-10/h4H2,1-3H3. The zero-order chi connectivity index (χ0) is 9.16. The highest BCUT2D eigenvalue weighted by Crippen LogP contribution is 2.50. The van der Waals surface area contributed by atoms with Crippen LogP contribution in [0.4, 0.5) is 0 Å².